The lowest BCUT2D eigenvalue weighted by Crippen LogP contribution is -2.43. The summed E-state index contributed by atoms with van der Waals surface area (Å²) >= 11 is 0. The van der Waals surface area contributed by atoms with Gasteiger partial charge in [0.05, 0.1) is 4.90 Å². The molecule has 1 aromatic rings. The average molecular weight is 290 g/mol. The van der Waals surface area contributed by atoms with Crippen LogP contribution in [-0.2, 0) is 19.4 Å². The highest BCUT2D eigenvalue weighted by molar-refractivity contribution is 8.13. The van der Waals surface area contributed by atoms with Gasteiger partial charge in [0.15, 0.2) is 0 Å². The fourth-order valence-corrected chi connectivity index (χ4v) is 2.64. The minimum Gasteiger partial charge on any atom is -0.438 e. The fourth-order valence-electron chi connectivity index (χ4n) is 1.87. The number of carbonyl (C=O) groups is 1. The Balaban J connectivity index is 2.32. The topological polar surface area (TPSA) is 72.5 Å². The number of benzene rings is 1. The van der Waals surface area contributed by atoms with Crippen LogP contribution in [0.3, 0.4) is 0 Å². The molecule has 1 unspecified atom stereocenters. The molecule has 1 aliphatic heterocycles. The fraction of sp³-hybridized carbons (Fsp3) is 0.364. The van der Waals surface area contributed by atoms with Gasteiger partial charge in [0, 0.05) is 23.6 Å². The third kappa shape index (κ3) is 2.59. The van der Waals surface area contributed by atoms with Crippen molar-refractivity contribution in [1.82, 2.24) is 5.32 Å². The second kappa shape index (κ2) is 4.44. The van der Waals surface area contributed by atoms with Crippen LogP contribution in [0.1, 0.15) is 18.9 Å². The lowest BCUT2D eigenvalue weighted by Gasteiger charge is -2.34. The quantitative estimate of drug-likeness (QED) is 0.845. The number of carbonyl (C=O) groups excluding carboxylic acids is 1. The first-order valence-electron chi connectivity index (χ1n) is 5.33. The van der Waals surface area contributed by atoms with Crippen LogP contribution in [-0.4, -0.2) is 21.1 Å². The number of nitrogens with one attached hydrogen (secondary N) is 1. The molecule has 7 heteroatoms. The standard InChI is InChI=1S/C11H12ClNO4S/c1-11(6-7-13-10(14)17-11)8-2-4-9(5-3-8)18(12,15)16/h2-5H,6-7H2,1H3,(H,13,14). The maximum atomic E-state index is 11.2. The molecule has 18 heavy (non-hydrogen) atoms. The number of hydrogen-bond donors (Lipinski definition) is 1. The van der Waals surface area contributed by atoms with Crippen LogP contribution in [0, 0.1) is 0 Å². The molecule has 0 spiro atoms. The summed E-state index contributed by atoms with van der Waals surface area (Å²) in [6.07, 6.45) is 0.143. The Hall–Kier alpha value is -1.27. The Morgan fingerprint density at radius 3 is 2.44 bits per heavy atom. The summed E-state index contributed by atoms with van der Waals surface area (Å²) in [5.74, 6) is 0. The van der Waals surface area contributed by atoms with Crippen LogP contribution in [0.25, 0.3) is 0 Å². The number of amides is 1. The second-order valence-corrected chi connectivity index (χ2v) is 6.83. The van der Waals surface area contributed by atoms with E-state index in [0.29, 0.717) is 13.0 Å². The van der Waals surface area contributed by atoms with E-state index in [4.69, 9.17) is 15.4 Å². The summed E-state index contributed by atoms with van der Waals surface area (Å²) in [4.78, 5) is 11.3. The number of alkyl carbamates (subject to hydrolysis) is 1. The first-order valence-corrected chi connectivity index (χ1v) is 7.64. The van der Waals surface area contributed by atoms with Crippen molar-refractivity contribution in [3.8, 4) is 0 Å². The van der Waals surface area contributed by atoms with Crippen molar-refractivity contribution < 1.29 is 17.9 Å². The molecular formula is C11H12ClNO4S. The molecule has 1 heterocycles. The van der Waals surface area contributed by atoms with E-state index in [1.54, 1.807) is 19.1 Å². The second-order valence-electron chi connectivity index (χ2n) is 4.26. The first kappa shape index (κ1) is 13.2. The van der Waals surface area contributed by atoms with Gasteiger partial charge in [-0.05, 0) is 24.6 Å². The summed E-state index contributed by atoms with van der Waals surface area (Å²) in [5.41, 5.74) is -0.00173. The van der Waals surface area contributed by atoms with Crippen molar-refractivity contribution in [1.29, 1.82) is 0 Å². The van der Waals surface area contributed by atoms with Crippen LogP contribution in [0.2, 0.25) is 0 Å². The summed E-state index contributed by atoms with van der Waals surface area (Å²) in [7, 11) is 1.50. The van der Waals surface area contributed by atoms with Crippen LogP contribution in [0.4, 0.5) is 4.79 Å². The van der Waals surface area contributed by atoms with Crippen molar-refractivity contribution in [2.75, 3.05) is 6.54 Å². The average Bonchev–Trinajstić information content (AvgIpc) is 2.28. The molecule has 0 saturated carbocycles. The van der Waals surface area contributed by atoms with E-state index >= 15 is 0 Å². The molecular weight excluding hydrogens is 278 g/mol. The maximum Gasteiger partial charge on any atom is 0.408 e. The van der Waals surface area contributed by atoms with E-state index < -0.39 is 20.7 Å². The lowest BCUT2D eigenvalue weighted by atomic mass is 9.91. The Bertz CT molecular complexity index is 569. The molecule has 0 radical (unpaired) electrons. The number of halogens is 1. The smallest absolute Gasteiger partial charge is 0.408 e. The first-order chi connectivity index (χ1) is 8.31. The Morgan fingerprint density at radius 2 is 1.94 bits per heavy atom. The summed E-state index contributed by atoms with van der Waals surface area (Å²) in [6.45, 7) is 2.31. The molecule has 5 nitrogen and oxygen atoms in total. The predicted molar refractivity (Wildman–Crippen MR) is 65.9 cm³/mol. The molecule has 1 aliphatic rings. The van der Waals surface area contributed by atoms with Crippen molar-refractivity contribution in [3.05, 3.63) is 29.8 Å². The van der Waals surface area contributed by atoms with Crippen LogP contribution in [0.15, 0.2) is 29.2 Å². The highest BCUT2D eigenvalue weighted by Crippen LogP contribution is 2.32. The molecule has 1 fully saturated rings. The van der Waals surface area contributed by atoms with Crippen LogP contribution >= 0.6 is 10.7 Å². The SMILES string of the molecule is CC1(c2ccc(S(=O)(=O)Cl)cc2)CCNC(=O)O1. The van der Waals surface area contributed by atoms with Gasteiger partial charge < -0.3 is 10.1 Å². The largest absolute Gasteiger partial charge is 0.438 e. The molecule has 1 amide bonds. The summed E-state index contributed by atoms with van der Waals surface area (Å²) in [5, 5.41) is 2.56. The highest BCUT2D eigenvalue weighted by atomic mass is 35.7. The predicted octanol–water partition coefficient (Wildman–Crippen LogP) is 1.96. The molecule has 1 aromatic carbocycles. The summed E-state index contributed by atoms with van der Waals surface area (Å²) in [6, 6.07) is 6.01. The lowest BCUT2D eigenvalue weighted by molar-refractivity contribution is -0.00278. The normalized spacial score (nSPS) is 24.2. The van der Waals surface area contributed by atoms with Gasteiger partial charge in [-0.25, -0.2) is 13.2 Å². The minimum absolute atomic E-state index is 0.0248. The maximum absolute atomic E-state index is 11.2. The number of hydrogen-bond acceptors (Lipinski definition) is 4. The van der Waals surface area contributed by atoms with Gasteiger partial charge in [-0.15, -0.1) is 0 Å². The van der Waals surface area contributed by atoms with E-state index in [9.17, 15) is 13.2 Å². The number of rotatable bonds is 2. The van der Waals surface area contributed by atoms with E-state index in [1.165, 1.54) is 12.1 Å². The van der Waals surface area contributed by atoms with Gasteiger partial charge in [-0.1, -0.05) is 12.1 Å². The Kier molecular flexibility index (Phi) is 3.25. The van der Waals surface area contributed by atoms with Gasteiger partial charge in [-0.2, -0.15) is 0 Å². The zero-order chi connectivity index (χ0) is 13.4. The third-order valence-corrected chi connectivity index (χ3v) is 4.31. The number of cyclic esters (lactones) is 1. The van der Waals surface area contributed by atoms with Gasteiger partial charge in [-0.3, -0.25) is 0 Å². The molecule has 0 aromatic heterocycles. The van der Waals surface area contributed by atoms with Crippen LogP contribution < -0.4 is 5.32 Å². The molecule has 1 N–H and O–H groups in total. The van der Waals surface area contributed by atoms with E-state index in [1.807, 2.05) is 0 Å². The van der Waals surface area contributed by atoms with Gasteiger partial charge in [0.25, 0.3) is 9.05 Å². The van der Waals surface area contributed by atoms with Gasteiger partial charge in [0.2, 0.25) is 0 Å². The van der Waals surface area contributed by atoms with Crippen LogP contribution in [0.5, 0.6) is 0 Å². The van der Waals surface area contributed by atoms with Gasteiger partial charge >= 0.3 is 6.09 Å². The van der Waals surface area contributed by atoms with E-state index in [-0.39, 0.29) is 4.90 Å². The minimum atomic E-state index is -3.73. The monoisotopic (exact) mass is 289 g/mol. The summed E-state index contributed by atoms with van der Waals surface area (Å²) < 4.78 is 27.5. The Labute approximate surface area is 110 Å². The zero-order valence-electron chi connectivity index (χ0n) is 9.64. The zero-order valence-corrected chi connectivity index (χ0v) is 11.2. The molecule has 0 bridgehead atoms. The highest BCUT2D eigenvalue weighted by Gasteiger charge is 2.34. The molecule has 0 aliphatic carbocycles. The number of ether oxygens (including phenoxy) is 1. The van der Waals surface area contributed by atoms with Crippen molar-refractivity contribution in [3.63, 3.8) is 0 Å². The van der Waals surface area contributed by atoms with Crippen molar-refractivity contribution in [2.45, 2.75) is 23.8 Å². The van der Waals surface area contributed by atoms with E-state index in [0.717, 1.165) is 5.56 Å². The molecule has 2 rings (SSSR count). The molecule has 1 atom stereocenters. The van der Waals surface area contributed by atoms with Crippen molar-refractivity contribution >= 4 is 25.8 Å². The Morgan fingerprint density at radius 1 is 1.33 bits per heavy atom. The van der Waals surface area contributed by atoms with E-state index in [2.05, 4.69) is 5.32 Å². The van der Waals surface area contributed by atoms with Gasteiger partial charge in [0.1, 0.15) is 5.60 Å². The van der Waals surface area contributed by atoms with Crippen molar-refractivity contribution in [2.24, 2.45) is 0 Å². The molecule has 98 valence electrons. The third-order valence-electron chi connectivity index (χ3n) is 2.94. The molecule has 1 saturated heterocycles.